The summed E-state index contributed by atoms with van der Waals surface area (Å²) in [6.45, 7) is 0.643. The molecule has 16 heavy (non-hydrogen) atoms. The normalized spacial score (nSPS) is 17.9. The number of nitrogens with two attached hydrogens (primary N) is 1. The molecule has 4 heteroatoms. The molecule has 0 amide bonds. The molecule has 0 bridgehead atoms. The van der Waals surface area contributed by atoms with Gasteiger partial charge in [-0.1, -0.05) is 0 Å². The number of anilines is 2. The van der Waals surface area contributed by atoms with Crippen molar-refractivity contribution in [2.24, 2.45) is 0 Å². The number of rotatable bonds is 4. The SMILES string of the molecule is COC1(CNc2ccc(N)cc2F)CCC1. The lowest BCUT2D eigenvalue weighted by atomic mass is 9.80. The minimum Gasteiger partial charge on any atom is -0.399 e. The van der Waals surface area contributed by atoms with Gasteiger partial charge in [0.25, 0.3) is 0 Å². The van der Waals surface area contributed by atoms with Crippen molar-refractivity contribution in [2.75, 3.05) is 24.7 Å². The molecule has 2 rings (SSSR count). The Morgan fingerprint density at radius 2 is 2.25 bits per heavy atom. The predicted octanol–water partition coefficient (Wildman–Crippen LogP) is 2.39. The van der Waals surface area contributed by atoms with E-state index in [-0.39, 0.29) is 11.4 Å². The minimum atomic E-state index is -0.314. The van der Waals surface area contributed by atoms with Crippen molar-refractivity contribution in [3.63, 3.8) is 0 Å². The zero-order valence-electron chi connectivity index (χ0n) is 9.42. The van der Waals surface area contributed by atoms with E-state index in [2.05, 4.69) is 5.32 Å². The van der Waals surface area contributed by atoms with Crippen LogP contribution in [0.3, 0.4) is 0 Å². The van der Waals surface area contributed by atoms with Crippen LogP contribution in [0.1, 0.15) is 19.3 Å². The van der Waals surface area contributed by atoms with Gasteiger partial charge < -0.3 is 15.8 Å². The molecule has 0 saturated heterocycles. The molecule has 0 spiro atoms. The zero-order valence-corrected chi connectivity index (χ0v) is 9.42. The standard InChI is InChI=1S/C12H17FN2O/c1-16-12(5-2-6-12)8-15-11-4-3-9(14)7-10(11)13/h3-4,7,15H,2,5-6,8,14H2,1H3. The summed E-state index contributed by atoms with van der Waals surface area (Å²) in [5.74, 6) is -0.314. The van der Waals surface area contributed by atoms with Crippen molar-refractivity contribution in [3.05, 3.63) is 24.0 Å². The minimum absolute atomic E-state index is 0.103. The molecule has 0 heterocycles. The Balaban J connectivity index is 1.99. The summed E-state index contributed by atoms with van der Waals surface area (Å²) in [5.41, 5.74) is 6.30. The van der Waals surface area contributed by atoms with Crippen LogP contribution in [0.25, 0.3) is 0 Å². The van der Waals surface area contributed by atoms with Crippen LogP contribution in [0, 0.1) is 5.82 Å². The second-order valence-corrected chi connectivity index (χ2v) is 4.33. The number of benzene rings is 1. The molecular formula is C12H17FN2O. The Bertz CT molecular complexity index is 372. The molecule has 1 aliphatic rings. The summed E-state index contributed by atoms with van der Waals surface area (Å²) in [4.78, 5) is 0. The third-order valence-electron chi connectivity index (χ3n) is 3.29. The maximum absolute atomic E-state index is 13.5. The highest BCUT2D eigenvalue weighted by molar-refractivity contribution is 5.52. The largest absolute Gasteiger partial charge is 0.399 e. The molecule has 0 unspecified atom stereocenters. The Morgan fingerprint density at radius 1 is 1.50 bits per heavy atom. The molecule has 3 N–H and O–H groups in total. The van der Waals surface area contributed by atoms with E-state index in [1.54, 1.807) is 19.2 Å². The van der Waals surface area contributed by atoms with Gasteiger partial charge >= 0.3 is 0 Å². The summed E-state index contributed by atoms with van der Waals surface area (Å²) < 4.78 is 18.9. The van der Waals surface area contributed by atoms with Gasteiger partial charge in [0.2, 0.25) is 0 Å². The summed E-state index contributed by atoms with van der Waals surface area (Å²) >= 11 is 0. The van der Waals surface area contributed by atoms with Crippen LogP contribution in [-0.4, -0.2) is 19.3 Å². The van der Waals surface area contributed by atoms with Crippen molar-refractivity contribution in [1.82, 2.24) is 0 Å². The lowest BCUT2D eigenvalue weighted by molar-refractivity contribution is -0.0601. The van der Waals surface area contributed by atoms with Crippen molar-refractivity contribution >= 4 is 11.4 Å². The molecule has 0 aromatic heterocycles. The monoisotopic (exact) mass is 224 g/mol. The van der Waals surface area contributed by atoms with Crippen LogP contribution in [0.4, 0.5) is 15.8 Å². The van der Waals surface area contributed by atoms with Crippen LogP contribution in [0.2, 0.25) is 0 Å². The maximum Gasteiger partial charge on any atom is 0.148 e. The van der Waals surface area contributed by atoms with E-state index in [9.17, 15) is 4.39 Å². The van der Waals surface area contributed by atoms with E-state index in [0.29, 0.717) is 17.9 Å². The Morgan fingerprint density at radius 3 is 2.75 bits per heavy atom. The van der Waals surface area contributed by atoms with Gasteiger partial charge in [-0.05, 0) is 37.5 Å². The summed E-state index contributed by atoms with van der Waals surface area (Å²) in [6, 6.07) is 4.67. The third kappa shape index (κ3) is 2.11. The van der Waals surface area contributed by atoms with Crippen molar-refractivity contribution in [3.8, 4) is 0 Å². The lowest BCUT2D eigenvalue weighted by Crippen LogP contribution is -2.45. The quantitative estimate of drug-likeness (QED) is 0.772. The highest BCUT2D eigenvalue weighted by Crippen LogP contribution is 2.35. The molecule has 0 radical (unpaired) electrons. The summed E-state index contributed by atoms with van der Waals surface area (Å²) in [6.07, 6.45) is 3.25. The second-order valence-electron chi connectivity index (χ2n) is 4.33. The number of nitrogens with one attached hydrogen (secondary N) is 1. The van der Waals surface area contributed by atoms with Crippen molar-refractivity contribution < 1.29 is 9.13 Å². The highest BCUT2D eigenvalue weighted by Gasteiger charge is 2.36. The number of halogens is 1. The second kappa shape index (κ2) is 4.29. The first-order valence-corrected chi connectivity index (χ1v) is 5.49. The van der Waals surface area contributed by atoms with Crippen molar-refractivity contribution in [1.29, 1.82) is 0 Å². The van der Waals surface area contributed by atoms with Gasteiger partial charge in [-0.15, -0.1) is 0 Å². The number of hydrogen-bond donors (Lipinski definition) is 2. The number of nitrogen functional groups attached to an aromatic ring is 1. The molecule has 1 fully saturated rings. The molecular weight excluding hydrogens is 207 g/mol. The van der Waals surface area contributed by atoms with Crippen LogP contribution in [0.15, 0.2) is 18.2 Å². The number of ether oxygens (including phenoxy) is 1. The maximum atomic E-state index is 13.5. The van der Waals surface area contributed by atoms with E-state index in [0.717, 1.165) is 12.8 Å². The average Bonchev–Trinajstić information content (AvgIpc) is 2.19. The first kappa shape index (κ1) is 11.2. The summed E-state index contributed by atoms with van der Waals surface area (Å²) in [7, 11) is 1.71. The molecule has 88 valence electrons. The van der Waals surface area contributed by atoms with Gasteiger partial charge in [-0.3, -0.25) is 0 Å². The first-order valence-electron chi connectivity index (χ1n) is 5.49. The summed E-state index contributed by atoms with van der Waals surface area (Å²) in [5, 5.41) is 3.08. The molecule has 0 aliphatic heterocycles. The van der Waals surface area contributed by atoms with Gasteiger partial charge in [-0.25, -0.2) is 4.39 Å². The molecule has 1 aromatic carbocycles. The molecule has 1 aromatic rings. The van der Waals surface area contributed by atoms with Gasteiger partial charge in [0, 0.05) is 19.3 Å². The smallest absolute Gasteiger partial charge is 0.148 e. The fourth-order valence-corrected chi connectivity index (χ4v) is 1.96. The van der Waals surface area contributed by atoms with Gasteiger partial charge in [0.1, 0.15) is 5.82 Å². The van der Waals surface area contributed by atoms with Gasteiger partial charge in [0.05, 0.1) is 11.3 Å². The molecule has 1 saturated carbocycles. The third-order valence-corrected chi connectivity index (χ3v) is 3.29. The molecule has 0 atom stereocenters. The topological polar surface area (TPSA) is 47.3 Å². The van der Waals surface area contributed by atoms with Crippen LogP contribution >= 0.6 is 0 Å². The molecule has 3 nitrogen and oxygen atoms in total. The molecule has 1 aliphatic carbocycles. The first-order chi connectivity index (χ1) is 7.65. The average molecular weight is 224 g/mol. The highest BCUT2D eigenvalue weighted by atomic mass is 19.1. The van der Waals surface area contributed by atoms with Gasteiger partial charge in [-0.2, -0.15) is 0 Å². The Hall–Kier alpha value is -1.29. The zero-order chi connectivity index (χ0) is 11.6. The van der Waals surface area contributed by atoms with Crippen LogP contribution in [-0.2, 0) is 4.74 Å². The predicted molar refractivity (Wildman–Crippen MR) is 62.9 cm³/mol. The van der Waals surface area contributed by atoms with Crippen molar-refractivity contribution in [2.45, 2.75) is 24.9 Å². The van der Waals surface area contributed by atoms with E-state index in [1.165, 1.54) is 12.5 Å². The fourth-order valence-electron chi connectivity index (χ4n) is 1.96. The lowest BCUT2D eigenvalue weighted by Gasteiger charge is -2.40. The Labute approximate surface area is 94.8 Å². The van der Waals surface area contributed by atoms with Gasteiger partial charge in [0.15, 0.2) is 0 Å². The van der Waals surface area contributed by atoms with Crippen LogP contribution < -0.4 is 11.1 Å². The van der Waals surface area contributed by atoms with Crippen LogP contribution in [0.5, 0.6) is 0 Å². The fraction of sp³-hybridized carbons (Fsp3) is 0.500. The number of hydrogen-bond acceptors (Lipinski definition) is 3. The Kier molecular flexibility index (Phi) is 3.01. The van der Waals surface area contributed by atoms with E-state index >= 15 is 0 Å². The van der Waals surface area contributed by atoms with E-state index < -0.39 is 0 Å². The van der Waals surface area contributed by atoms with E-state index in [4.69, 9.17) is 10.5 Å². The van der Waals surface area contributed by atoms with E-state index in [1.807, 2.05) is 0 Å². The number of methoxy groups -OCH3 is 1.